The van der Waals surface area contributed by atoms with E-state index < -0.39 is 61.1 Å². The molecule has 6 atom stereocenters. The first-order valence-corrected chi connectivity index (χ1v) is 13.9. The van der Waals surface area contributed by atoms with E-state index in [2.05, 4.69) is 22.1 Å². The minimum atomic E-state index is -2.55. The molecule has 1 fully saturated rings. The fourth-order valence-electron chi connectivity index (χ4n) is 4.55. The van der Waals surface area contributed by atoms with E-state index in [0.717, 1.165) is 16.6 Å². The number of carbonyl (C=O) groups excluding carboxylic acids is 1. The van der Waals surface area contributed by atoms with Gasteiger partial charge in [0.15, 0.2) is 0 Å². The highest BCUT2D eigenvalue weighted by molar-refractivity contribution is 7.21. The topological polar surface area (TPSA) is 179 Å². The number of carboxylic acid groups (broad SMARTS) is 1. The number of rotatable bonds is 9. The van der Waals surface area contributed by atoms with Crippen molar-refractivity contribution in [1.82, 2.24) is 10.3 Å². The fraction of sp³-hybridized carbons (Fsp3) is 0.414. The lowest BCUT2D eigenvalue weighted by Gasteiger charge is -2.46. The average Bonchev–Trinajstić information content (AvgIpc) is 3.38. The Morgan fingerprint density at radius 1 is 1.27 bits per heavy atom. The van der Waals surface area contributed by atoms with Gasteiger partial charge in [0.25, 0.3) is 0 Å². The van der Waals surface area contributed by atoms with Gasteiger partial charge in [0, 0.05) is 18.9 Å². The Hall–Kier alpha value is -3.57. The van der Waals surface area contributed by atoms with E-state index in [0.29, 0.717) is 22.6 Å². The first kappa shape index (κ1) is 30.4. The number of hydrogen-bond donors (Lipinski definition) is 6. The maximum Gasteiger partial charge on any atom is 0.377 e. The number of amides is 1. The first-order chi connectivity index (χ1) is 19.6. The van der Waals surface area contributed by atoms with E-state index in [9.17, 15) is 35.1 Å². The number of aromatic nitrogens is 1. The van der Waals surface area contributed by atoms with E-state index in [1.54, 1.807) is 12.1 Å². The average molecular weight is 585 g/mol. The van der Waals surface area contributed by atoms with Crippen molar-refractivity contribution in [3.63, 3.8) is 0 Å². The van der Waals surface area contributed by atoms with Gasteiger partial charge >= 0.3 is 11.8 Å². The van der Waals surface area contributed by atoms with Gasteiger partial charge in [-0.05, 0) is 36.8 Å². The number of carbonyl (C=O) groups is 2. The predicted octanol–water partition coefficient (Wildman–Crippen LogP) is 1.64. The second kappa shape index (κ2) is 12.9. The summed E-state index contributed by atoms with van der Waals surface area (Å²) in [5.74, 6) is 1.48. The molecule has 1 aromatic heterocycles. The second-order valence-electron chi connectivity index (χ2n) is 9.73. The molecule has 3 aromatic rings. The molecule has 218 valence electrons. The summed E-state index contributed by atoms with van der Waals surface area (Å²) in [6.07, 6.45) is -5.92. The molecule has 0 aliphatic carbocycles. The number of aliphatic hydroxyl groups is 4. The van der Waals surface area contributed by atoms with Crippen LogP contribution in [0.2, 0.25) is 0 Å². The minimum Gasteiger partial charge on any atom is -0.476 e. The van der Waals surface area contributed by atoms with Gasteiger partial charge < -0.3 is 40.3 Å². The third kappa shape index (κ3) is 6.68. The van der Waals surface area contributed by atoms with Crippen LogP contribution in [0.4, 0.5) is 0 Å². The molecule has 0 saturated carbocycles. The number of thiazole rings is 1. The maximum atomic E-state index is 12.7. The Labute approximate surface area is 240 Å². The van der Waals surface area contributed by atoms with E-state index in [1.807, 2.05) is 31.2 Å². The molecule has 12 heteroatoms. The number of hydrogen-bond acceptors (Lipinski definition) is 10. The lowest BCUT2D eigenvalue weighted by molar-refractivity contribution is -0.284. The lowest BCUT2D eigenvalue weighted by Crippen LogP contribution is -2.68. The summed E-state index contributed by atoms with van der Waals surface area (Å²) in [4.78, 5) is 29.2. The molecule has 2 heterocycles. The fourth-order valence-corrected chi connectivity index (χ4v) is 5.54. The van der Waals surface area contributed by atoms with Crippen LogP contribution in [-0.2, 0) is 14.3 Å². The third-order valence-electron chi connectivity index (χ3n) is 6.57. The number of fused-ring (bicyclic) bond motifs is 1. The van der Waals surface area contributed by atoms with E-state index in [1.165, 1.54) is 24.3 Å². The highest BCUT2D eigenvalue weighted by atomic mass is 32.1. The summed E-state index contributed by atoms with van der Waals surface area (Å²) in [5, 5.41) is 54.5. The van der Waals surface area contributed by atoms with Crippen LogP contribution in [0.3, 0.4) is 0 Å². The number of aliphatic hydroxyl groups excluding tert-OH is 4. The van der Waals surface area contributed by atoms with E-state index in [-0.39, 0.29) is 5.75 Å². The highest BCUT2D eigenvalue weighted by Crippen LogP contribution is 2.41. The number of nitrogens with one attached hydrogen (secondary N) is 1. The Morgan fingerprint density at radius 3 is 2.68 bits per heavy atom. The Bertz CT molecular complexity index is 1430. The van der Waals surface area contributed by atoms with E-state index in [4.69, 9.17) is 9.47 Å². The number of para-hydroxylation sites is 1. The Morgan fingerprint density at radius 2 is 2.02 bits per heavy atom. The highest BCUT2D eigenvalue weighted by Gasteiger charge is 2.57. The number of benzene rings is 2. The van der Waals surface area contributed by atoms with Crippen LogP contribution in [0.25, 0.3) is 20.8 Å². The molecule has 1 saturated heterocycles. The van der Waals surface area contributed by atoms with E-state index >= 15 is 0 Å². The molecule has 1 aliphatic heterocycles. The third-order valence-corrected chi connectivity index (χ3v) is 7.64. The zero-order valence-electron chi connectivity index (χ0n) is 22.5. The SMILES string of the molecule is CCCC#Cc1ccc(O[C@]2(C(=O)O)C[C@H](O)[C@@H](NC(C)=O)[C@H]([C@H](O)[C@H](O)CO)O2)c(-c2nc3ccccc3s2)c1. The van der Waals surface area contributed by atoms with Gasteiger partial charge in [-0.3, -0.25) is 4.79 Å². The van der Waals surface area contributed by atoms with Gasteiger partial charge in [0.1, 0.15) is 29.1 Å². The van der Waals surface area contributed by atoms with Gasteiger partial charge in [-0.2, -0.15) is 0 Å². The lowest BCUT2D eigenvalue weighted by atomic mass is 9.88. The normalized spacial score (nSPS) is 23.7. The molecule has 0 bridgehead atoms. The molecule has 11 nitrogen and oxygen atoms in total. The van der Waals surface area contributed by atoms with Crippen LogP contribution >= 0.6 is 11.3 Å². The maximum absolute atomic E-state index is 12.7. The predicted molar refractivity (Wildman–Crippen MR) is 150 cm³/mol. The quantitative estimate of drug-likeness (QED) is 0.203. The molecule has 41 heavy (non-hydrogen) atoms. The summed E-state index contributed by atoms with van der Waals surface area (Å²) in [6.45, 7) is 2.30. The van der Waals surface area contributed by atoms with Crippen molar-refractivity contribution in [2.45, 2.75) is 69.4 Å². The van der Waals surface area contributed by atoms with Crippen molar-refractivity contribution < 1.29 is 44.6 Å². The summed E-state index contributed by atoms with van der Waals surface area (Å²) < 4.78 is 12.8. The Kier molecular flexibility index (Phi) is 9.60. The van der Waals surface area contributed by atoms with Crippen molar-refractivity contribution in [3.05, 3.63) is 48.0 Å². The van der Waals surface area contributed by atoms with Crippen LogP contribution in [-0.4, -0.2) is 85.2 Å². The molecule has 0 radical (unpaired) electrons. The van der Waals surface area contributed by atoms with Crippen LogP contribution in [0.15, 0.2) is 42.5 Å². The molecular formula is C29H32N2O9S. The molecule has 0 spiro atoms. The molecule has 4 rings (SSSR count). The molecular weight excluding hydrogens is 552 g/mol. The van der Waals surface area contributed by atoms with Crippen molar-refractivity contribution in [1.29, 1.82) is 0 Å². The zero-order valence-corrected chi connectivity index (χ0v) is 23.3. The van der Waals surface area contributed by atoms with Gasteiger partial charge in [-0.25, -0.2) is 9.78 Å². The number of aliphatic carboxylic acids is 1. The summed E-state index contributed by atoms with van der Waals surface area (Å²) in [5.41, 5.74) is 1.82. The first-order valence-electron chi connectivity index (χ1n) is 13.1. The van der Waals surface area contributed by atoms with Crippen molar-refractivity contribution in [3.8, 4) is 28.2 Å². The number of ether oxygens (including phenoxy) is 2. The number of nitrogens with zero attached hydrogens (tertiary/aromatic N) is 1. The molecule has 1 amide bonds. The molecule has 2 aromatic carbocycles. The minimum absolute atomic E-state index is 0.0635. The molecule has 6 N–H and O–H groups in total. The largest absolute Gasteiger partial charge is 0.476 e. The summed E-state index contributed by atoms with van der Waals surface area (Å²) in [6, 6.07) is 11.1. The van der Waals surface area contributed by atoms with Gasteiger partial charge in [0.2, 0.25) is 5.91 Å². The Balaban J connectivity index is 1.80. The van der Waals surface area contributed by atoms with Crippen LogP contribution in [0.5, 0.6) is 5.75 Å². The van der Waals surface area contributed by atoms with Crippen molar-refractivity contribution >= 4 is 33.4 Å². The molecule has 1 aliphatic rings. The van der Waals surface area contributed by atoms with Crippen molar-refractivity contribution in [2.24, 2.45) is 0 Å². The standard InChI is InChI=1S/C29H32N2O9S/c1-3-4-5-8-17-11-12-22(18(13-17)27-31-19-9-6-7-10-23(19)41-27)39-29(28(37)38)14-20(34)24(30-16(2)33)26(40-29)25(36)21(35)15-32/h6-7,9-13,20-21,24-26,32,34-36H,3-4,14-15H2,1-2H3,(H,30,33)(H,37,38)/t20-,21+,24+,25+,26+,29+/m0/s1. The zero-order chi connectivity index (χ0) is 29.7. The van der Waals surface area contributed by atoms with Crippen molar-refractivity contribution in [2.75, 3.05) is 6.61 Å². The second-order valence-corrected chi connectivity index (χ2v) is 10.8. The van der Waals surface area contributed by atoms with Gasteiger partial charge in [-0.1, -0.05) is 30.9 Å². The van der Waals surface area contributed by atoms with Crippen LogP contribution in [0.1, 0.15) is 38.7 Å². The van der Waals surface area contributed by atoms with Crippen LogP contribution in [0, 0.1) is 11.8 Å². The summed E-state index contributed by atoms with van der Waals surface area (Å²) in [7, 11) is 0. The summed E-state index contributed by atoms with van der Waals surface area (Å²) >= 11 is 1.37. The van der Waals surface area contributed by atoms with Gasteiger partial charge in [0.05, 0.1) is 41.0 Å². The number of carboxylic acids is 1. The van der Waals surface area contributed by atoms with Crippen LogP contribution < -0.4 is 10.1 Å². The molecule has 0 unspecified atom stereocenters. The smallest absolute Gasteiger partial charge is 0.377 e. The van der Waals surface area contributed by atoms with Gasteiger partial charge in [-0.15, -0.1) is 11.3 Å². The number of unbranched alkanes of at least 4 members (excludes halogenated alkanes) is 1. The monoisotopic (exact) mass is 584 g/mol.